The van der Waals surface area contributed by atoms with Crippen molar-refractivity contribution in [1.82, 2.24) is 29.8 Å². The summed E-state index contributed by atoms with van der Waals surface area (Å²) in [5.41, 5.74) is 1.96. The molecule has 1 aromatic carbocycles. The summed E-state index contributed by atoms with van der Waals surface area (Å²) in [6.07, 6.45) is 3.10. The zero-order chi connectivity index (χ0) is 20.2. The molecule has 29 heavy (non-hydrogen) atoms. The van der Waals surface area contributed by atoms with Gasteiger partial charge in [-0.1, -0.05) is 5.16 Å². The van der Waals surface area contributed by atoms with Gasteiger partial charge in [-0.3, -0.25) is 4.79 Å². The Kier molecular flexibility index (Phi) is 5.34. The van der Waals surface area contributed by atoms with Crippen molar-refractivity contribution in [3.63, 3.8) is 0 Å². The fraction of sp³-hybridized carbons (Fsp3) is 0.211. The summed E-state index contributed by atoms with van der Waals surface area (Å²) in [7, 11) is 1.71. The maximum atomic E-state index is 12.5. The molecule has 0 saturated carbocycles. The van der Waals surface area contributed by atoms with E-state index in [1.165, 1.54) is 6.33 Å². The summed E-state index contributed by atoms with van der Waals surface area (Å²) in [6.45, 7) is 2.51. The minimum atomic E-state index is -0.233. The molecule has 0 aliphatic heterocycles. The van der Waals surface area contributed by atoms with Crippen molar-refractivity contribution in [3.05, 3.63) is 70.5 Å². The van der Waals surface area contributed by atoms with E-state index in [1.54, 1.807) is 40.4 Å². The summed E-state index contributed by atoms with van der Waals surface area (Å²) in [6, 6.07) is 8.98. The molecule has 0 N–H and O–H groups in total. The molecule has 3 heterocycles. The lowest BCUT2D eigenvalue weighted by Gasteiger charge is -2.13. The molecule has 3 aromatic heterocycles. The molecular weight excluding hydrogens is 392 g/mol. The summed E-state index contributed by atoms with van der Waals surface area (Å²) >= 11 is 1.55. The standard InChI is InChI=1S/C19H18N6O3S/c1-13-22-14(10-29-13)8-24(2)19(26)18-7-17(28-23-18)9-27-16-5-3-15(4-6-16)25-12-20-11-21-25/h3-7,10-12H,8-9H2,1-2H3. The summed E-state index contributed by atoms with van der Waals surface area (Å²) < 4.78 is 12.6. The number of aromatic nitrogens is 5. The molecule has 0 atom stereocenters. The number of thiazole rings is 1. The van der Waals surface area contributed by atoms with Gasteiger partial charge in [-0.2, -0.15) is 5.10 Å². The topological polar surface area (TPSA) is 99.2 Å². The van der Waals surface area contributed by atoms with Crippen molar-refractivity contribution in [2.24, 2.45) is 0 Å². The molecule has 0 radical (unpaired) electrons. The number of nitrogens with zero attached hydrogens (tertiary/aromatic N) is 6. The van der Waals surface area contributed by atoms with E-state index < -0.39 is 0 Å². The van der Waals surface area contributed by atoms with E-state index in [1.807, 2.05) is 36.6 Å². The molecule has 148 valence electrons. The van der Waals surface area contributed by atoms with Crippen LogP contribution in [0.3, 0.4) is 0 Å². The van der Waals surface area contributed by atoms with Crippen LogP contribution in [0.15, 0.2) is 52.9 Å². The van der Waals surface area contributed by atoms with E-state index in [0.717, 1.165) is 16.4 Å². The van der Waals surface area contributed by atoms with Crippen LogP contribution in [0.1, 0.15) is 27.0 Å². The van der Waals surface area contributed by atoms with Crippen LogP contribution >= 0.6 is 11.3 Å². The van der Waals surface area contributed by atoms with E-state index in [2.05, 4.69) is 20.2 Å². The second kappa shape index (κ2) is 8.23. The van der Waals surface area contributed by atoms with Gasteiger partial charge in [0.25, 0.3) is 5.91 Å². The highest BCUT2D eigenvalue weighted by Crippen LogP contribution is 2.17. The number of rotatable bonds is 7. The van der Waals surface area contributed by atoms with E-state index in [9.17, 15) is 4.79 Å². The molecule has 10 heteroatoms. The molecular formula is C19H18N6O3S. The Morgan fingerprint density at radius 3 is 2.83 bits per heavy atom. The number of amides is 1. The zero-order valence-electron chi connectivity index (χ0n) is 15.8. The Balaban J connectivity index is 1.33. The number of carbonyl (C=O) groups is 1. The van der Waals surface area contributed by atoms with Gasteiger partial charge >= 0.3 is 0 Å². The van der Waals surface area contributed by atoms with Crippen molar-refractivity contribution >= 4 is 17.2 Å². The van der Waals surface area contributed by atoms with Gasteiger partial charge in [0.2, 0.25) is 0 Å². The maximum Gasteiger partial charge on any atom is 0.276 e. The van der Waals surface area contributed by atoms with Gasteiger partial charge in [0.15, 0.2) is 11.5 Å². The molecule has 0 unspecified atom stereocenters. The first-order chi connectivity index (χ1) is 14.1. The fourth-order valence-electron chi connectivity index (χ4n) is 2.66. The highest BCUT2D eigenvalue weighted by atomic mass is 32.1. The molecule has 0 fully saturated rings. The first-order valence-corrected chi connectivity index (χ1v) is 9.66. The van der Waals surface area contributed by atoms with Crippen LogP contribution in [0.25, 0.3) is 5.69 Å². The van der Waals surface area contributed by atoms with E-state index in [-0.39, 0.29) is 18.2 Å². The third-order valence-corrected chi connectivity index (χ3v) is 4.91. The number of ether oxygens (including phenoxy) is 1. The summed E-state index contributed by atoms with van der Waals surface area (Å²) in [4.78, 5) is 22.4. The maximum absolute atomic E-state index is 12.5. The number of aryl methyl sites for hydroxylation is 1. The van der Waals surface area contributed by atoms with E-state index >= 15 is 0 Å². The summed E-state index contributed by atoms with van der Waals surface area (Å²) in [5.74, 6) is 0.892. The molecule has 4 rings (SSSR count). The monoisotopic (exact) mass is 410 g/mol. The second-order valence-electron chi connectivity index (χ2n) is 6.32. The molecule has 0 aliphatic carbocycles. The van der Waals surface area contributed by atoms with Crippen LogP contribution in [-0.4, -0.2) is 42.8 Å². The Bertz CT molecular complexity index is 1090. The van der Waals surface area contributed by atoms with Gasteiger partial charge in [0.1, 0.15) is 25.0 Å². The first kappa shape index (κ1) is 18.8. The van der Waals surface area contributed by atoms with Crippen LogP contribution in [0.4, 0.5) is 0 Å². The molecule has 4 aromatic rings. The molecule has 1 amide bonds. The third-order valence-electron chi connectivity index (χ3n) is 4.09. The predicted octanol–water partition coefficient (Wildman–Crippen LogP) is 2.87. The first-order valence-electron chi connectivity index (χ1n) is 8.78. The zero-order valence-corrected chi connectivity index (χ0v) is 16.7. The Hall–Kier alpha value is -3.53. The van der Waals surface area contributed by atoms with Crippen LogP contribution in [0.2, 0.25) is 0 Å². The quantitative estimate of drug-likeness (QED) is 0.462. The van der Waals surface area contributed by atoms with Gasteiger partial charge in [0, 0.05) is 18.5 Å². The number of hydrogen-bond donors (Lipinski definition) is 0. The lowest BCUT2D eigenvalue weighted by Crippen LogP contribution is -2.26. The average Bonchev–Trinajstić information content (AvgIpc) is 3.48. The smallest absolute Gasteiger partial charge is 0.276 e. The highest BCUT2D eigenvalue weighted by Gasteiger charge is 2.18. The van der Waals surface area contributed by atoms with Crippen molar-refractivity contribution in [2.45, 2.75) is 20.1 Å². The Morgan fingerprint density at radius 2 is 2.14 bits per heavy atom. The third kappa shape index (κ3) is 4.49. The van der Waals surface area contributed by atoms with Crippen LogP contribution < -0.4 is 4.74 Å². The van der Waals surface area contributed by atoms with Crippen molar-refractivity contribution in [2.75, 3.05) is 7.05 Å². The lowest BCUT2D eigenvalue weighted by atomic mass is 10.3. The Morgan fingerprint density at radius 1 is 1.31 bits per heavy atom. The highest BCUT2D eigenvalue weighted by molar-refractivity contribution is 7.09. The average molecular weight is 410 g/mol. The summed E-state index contributed by atoms with van der Waals surface area (Å²) in [5, 5.41) is 10.8. The van der Waals surface area contributed by atoms with Crippen molar-refractivity contribution in [3.8, 4) is 11.4 Å². The van der Waals surface area contributed by atoms with Crippen molar-refractivity contribution < 1.29 is 14.1 Å². The minimum Gasteiger partial charge on any atom is -0.486 e. The second-order valence-corrected chi connectivity index (χ2v) is 7.38. The van der Waals surface area contributed by atoms with E-state index in [0.29, 0.717) is 18.1 Å². The molecule has 9 nitrogen and oxygen atoms in total. The SMILES string of the molecule is Cc1nc(CN(C)C(=O)c2cc(COc3ccc(-n4cncn4)cc3)on2)cs1. The molecule has 0 saturated heterocycles. The van der Waals surface area contributed by atoms with Gasteiger partial charge in [-0.05, 0) is 31.2 Å². The van der Waals surface area contributed by atoms with Gasteiger partial charge in [-0.15, -0.1) is 11.3 Å². The molecule has 0 bridgehead atoms. The lowest BCUT2D eigenvalue weighted by molar-refractivity contribution is 0.0773. The number of carbonyl (C=O) groups excluding carboxylic acids is 1. The van der Waals surface area contributed by atoms with Gasteiger partial charge < -0.3 is 14.2 Å². The fourth-order valence-corrected chi connectivity index (χ4v) is 3.27. The number of hydrogen-bond acceptors (Lipinski definition) is 8. The van der Waals surface area contributed by atoms with Crippen LogP contribution in [-0.2, 0) is 13.2 Å². The van der Waals surface area contributed by atoms with Gasteiger partial charge in [0.05, 0.1) is 22.9 Å². The van der Waals surface area contributed by atoms with Crippen molar-refractivity contribution in [1.29, 1.82) is 0 Å². The molecule has 0 aliphatic rings. The predicted molar refractivity (Wildman–Crippen MR) is 105 cm³/mol. The normalized spacial score (nSPS) is 10.8. The largest absolute Gasteiger partial charge is 0.486 e. The van der Waals surface area contributed by atoms with Crippen LogP contribution in [0.5, 0.6) is 5.75 Å². The Labute approximate surface area is 170 Å². The minimum absolute atomic E-state index is 0.165. The van der Waals surface area contributed by atoms with Crippen LogP contribution in [0, 0.1) is 6.92 Å². The number of benzene rings is 1. The molecule has 0 spiro atoms. The van der Waals surface area contributed by atoms with E-state index in [4.69, 9.17) is 9.26 Å². The van der Waals surface area contributed by atoms with Gasteiger partial charge in [-0.25, -0.2) is 14.6 Å².